The topological polar surface area (TPSA) is 12.0 Å². The Morgan fingerprint density at radius 1 is 0.952 bits per heavy atom. The van der Waals surface area contributed by atoms with Crippen molar-refractivity contribution in [2.45, 2.75) is 70.8 Å². The summed E-state index contributed by atoms with van der Waals surface area (Å²) in [6, 6.07) is 5.65. The van der Waals surface area contributed by atoms with Crippen LogP contribution < -0.4 is 5.32 Å². The second-order valence-electron chi connectivity index (χ2n) is 7.06. The zero-order chi connectivity index (χ0) is 14.7. The number of halogens is 1. The monoisotopic (exact) mass is 289 g/mol. The molecule has 21 heavy (non-hydrogen) atoms. The van der Waals surface area contributed by atoms with E-state index in [1.807, 2.05) is 6.07 Å². The van der Waals surface area contributed by atoms with Gasteiger partial charge in [-0.2, -0.15) is 0 Å². The molecule has 2 atom stereocenters. The summed E-state index contributed by atoms with van der Waals surface area (Å²) < 4.78 is 13.5. The standard InChI is InChI=1S/C19H28FN/c1-14-11-12-16(20)13-19(14)21-18-10-6-5-9-17(18)15-7-3-2-4-8-15/h11-13,15,17-18,21H,2-10H2,1H3. The molecule has 0 spiro atoms. The third-order valence-corrected chi connectivity index (χ3v) is 5.62. The van der Waals surface area contributed by atoms with Crippen LogP contribution in [0.25, 0.3) is 0 Å². The lowest BCUT2D eigenvalue weighted by Crippen LogP contribution is -2.37. The summed E-state index contributed by atoms with van der Waals surface area (Å²) in [5.41, 5.74) is 2.16. The van der Waals surface area contributed by atoms with Gasteiger partial charge < -0.3 is 5.32 Å². The van der Waals surface area contributed by atoms with Gasteiger partial charge in [-0.25, -0.2) is 4.39 Å². The highest BCUT2D eigenvalue weighted by atomic mass is 19.1. The van der Waals surface area contributed by atoms with Crippen molar-refractivity contribution < 1.29 is 4.39 Å². The maximum absolute atomic E-state index is 13.5. The van der Waals surface area contributed by atoms with Crippen LogP contribution in [0.3, 0.4) is 0 Å². The molecule has 116 valence electrons. The van der Waals surface area contributed by atoms with Gasteiger partial charge in [-0.3, -0.25) is 0 Å². The van der Waals surface area contributed by atoms with Crippen LogP contribution in [0.15, 0.2) is 18.2 Å². The van der Waals surface area contributed by atoms with Gasteiger partial charge in [0.2, 0.25) is 0 Å². The molecule has 0 bridgehead atoms. The number of hydrogen-bond donors (Lipinski definition) is 1. The Hall–Kier alpha value is -1.05. The largest absolute Gasteiger partial charge is 0.382 e. The Morgan fingerprint density at radius 3 is 2.48 bits per heavy atom. The van der Waals surface area contributed by atoms with E-state index in [1.165, 1.54) is 57.8 Å². The van der Waals surface area contributed by atoms with Gasteiger partial charge in [-0.1, -0.05) is 51.0 Å². The van der Waals surface area contributed by atoms with Crippen LogP contribution in [0, 0.1) is 24.6 Å². The first-order valence-electron chi connectivity index (χ1n) is 8.77. The molecule has 2 fully saturated rings. The van der Waals surface area contributed by atoms with Crippen molar-refractivity contribution in [3.63, 3.8) is 0 Å². The van der Waals surface area contributed by atoms with Gasteiger partial charge in [0.1, 0.15) is 5.82 Å². The molecule has 2 aliphatic rings. The zero-order valence-electron chi connectivity index (χ0n) is 13.2. The van der Waals surface area contributed by atoms with Gasteiger partial charge in [-0.15, -0.1) is 0 Å². The van der Waals surface area contributed by atoms with Crippen molar-refractivity contribution in [3.05, 3.63) is 29.6 Å². The van der Waals surface area contributed by atoms with Crippen molar-refractivity contribution >= 4 is 5.69 Å². The number of nitrogens with one attached hydrogen (secondary N) is 1. The van der Waals surface area contributed by atoms with E-state index >= 15 is 0 Å². The molecule has 0 saturated heterocycles. The average Bonchev–Trinajstić information content (AvgIpc) is 2.52. The molecule has 0 aromatic heterocycles. The molecule has 1 N–H and O–H groups in total. The third-order valence-electron chi connectivity index (χ3n) is 5.62. The Morgan fingerprint density at radius 2 is 1.67 bits per heavy atom. The van der Waals surface area contributed by atoms with Crippen molar-refractivity contribution in [2.24, 2.45) is 11.8 Å². The minimum Gasteiger partial charge on any atom is -0.382 e. The summed E-state index contributed by atoms with van der Waals surface area (Å²) in [6.07, 6.45) is 12.4. The number of hydrogen-bond acceptors (Lipinski definition) is 1. The summed E-state index contributed by atoms with van der Waals surface area (Å²) in [5.74, 6) is 1.56. The van der Waals surface area contributed by atoms with Crippen molar-refractivity contribution in [1.29, 1.82) is 0 Å². The maximum Gasteiger partial charge on any atom is 0.125 e. The predicted molar refractivity (Wildman–Crippen MR) is 87.1 cm³/mol. The van der Waals surface area contributed by atoms with Crippen LogP contribution in [-0.4, -0.2) is 6.04 Å². The summed E-state index contributed by atoms with van der Waals surface area (Å²) in [6.45, 7) is 2.07. The van der Waals surface area contributed by atoms with Gasteiger partial charge >= 0.3 is 0 Å². The highest BCUT2D eigenvalue weighted by Gasteiger charge is 2.32. The first-order valence-corrected chi connectivity index (χ1v) is 8.77. The SMILES string of the molecule is Cc1ccc(F)cc1NC1CCCCC1C1CCCCC1. The molecule has 2 unspecified atom stereocenters. The molecular formula is C19H28FN. The fraction of sp³-hybridized carbons (Fsp3) is 0.684. The van der Waals surface area contributed by atoms with Crippen LogP contribution in [-0.2, 0) is 0 Å². The summed E-state index contributed by atoms with van der Waals surface area (Å²) in [5, 5.41) is 3.70. The summed E-state index contributed by atoms with van der Waals surface area (Å²) in [7, 11) is 0. The highest BCUT2D eigenvalue weighted by molar-refractivity contribution is 5.51. The first kappa shape index (κ1) is 14.9. The Bertz CT molecular complexity index is 465. The highest BCUT2D eigenvalue weighted by Crippen LogP contribution is 2.39. The number of benzene rings is 1. The van der Waals surface area contributed by atoms with Gasteiger partial charge in [0.05, 0.1) is 0 Å². The van der Waals surface area contributed by atoms with E-state index in [0.717, 1.165) is 23.1 Å². The molecule has 3 rings (SSSR count). The molecule has 2 saturated carbocycles. The quantitative estimate of drug-likeness (QED) is 0.754. The van der Waals surface area contributed by atoms with Gasteiger partial charge in [0.25, 0.3) is 0 Å². The van der Waals surface area contributed by atoms with Crippen LogP contribution in [0.5, 0.6) is 0 Å². The molecule has 0 amide bonds. The molecule has 1 aromatic rings. The summed E-state index contributed by atoms with van der Waals surface area (Å²) in [4.78, 5) is 0. The lowest BCUT2D eigenvalue weighted by Gasteiger charge is -2.40. The van der Waals surface area contributed by atoms with E-state index in [9.17, 15) is 4.39 Å². The predicted octanol–water partition coefficient (Wildman–Crippen LogP) is 5.69. The molecular weight excluding hydrogens is 261 g/mol. The van der Waals surface area contributed by atoms with Crippen LogP contribution in [0.4, 0.5) is 10.1 Å². The van der Waals surface area contributed by atoms with Crippen LogP contribution in [0.2, 0.25) is 0 Å². The van der Waals surface area contributed by atoms with Crippen LogP contribution >= 0.6 is 0 Å². The second kappa shape index (κ2) is 6.81. The minimum atomic E-state index is -0.131. The van der Waals surface area contributed by atoms with Gasteiger partial charge in [0, 0.05) is 11.7 Å². The Labute approximate surface area is 128 Å². The Balaban J connectivity index is 1.73. The normalized spacial score (nSPS) is 27.5. The van der Waals surface area contributed by atoms with Gasteiger partial charge in [0.15, 0.2) is 0 Å². The van der Waals surface area contributed by atoms with E-state index in [-0.39, 0.29) is 5.82 Å². The number of rotatable bonds is 3. The van der Waals surface area contributed by atoms with Crippen molar-refractivity contribution in [3.8, 4) is 0 Å². The second-order valence-corrected chi connectivity index (χ2v) is 7.06. The number of anilines is 1. The first-order chi connectivity index (χ1) is 10.2. The third kappa shape index (κ3) is 3.59. The Kier molecular flexibility index (Phi) is 4.82. The zero-order valence-corrected chi connectivity index (χ0v) is 13.2. The lowest BCUT2D eigenvalue weighted by atomic mass is 9.71. The molecule has 1 aromatic carbocycles. The molecule has 0 aliphatic heterocycles. The van der Waals surface area contributed by atoms with Gasteiger partial charge in [-0.05, 0) is 49.3 Å². The molecule has 2 aliphatic carbocycles. The van der Waals surface area contributed by atoms with Crippen molar-refractivity contribution in [1.82, 2.24) is 0 Å². The van der Waals surface area contributed by atoms with Crippen LogP contribution in [0.1, 0.15) is 63.4 Å². The average molecular weight is 289 g/mol. The van der Waals surface area contributed by atoms with E-state index < -0.39 is 0 Å². The minimum absolute atomic E-state index is 0.131. The maximum atomic E-state index is 13.5. The van der Waals surface area contributed by atoms with E-state index in [4.69, 9.17) is 0 Å². The molecule has 0 heterocycles. The molecule has 1 nitrogen and oxygen atoms in total. The smallest absolute Gasteiger partial charge is 0.125 e. The molecule has 2 heteroatoms. The fourth-order valence-corrected chi connectivity index (χ4v) is 4.41. The fourth-order valence-electron chi connectivity index (χ4n) is 4.41. The van der Waals surface area contributed by atoms with Crippen molar-refractivity contribution in [2.75, 3.05) is 5.32 Å². The van der Waals surface area contributed by atoms with E-state index in [1.54, 1.807) is 12.1 Å². The summed E-state index contributed by atoms with van der Waals surface area (Å²) >= 11 is 0. The number of aryl methyl sites for hydroxylation is 1. The van der Waals surface area contributed by atoms with E-state index in [0.29, 0.717) is 6.04 Å². The molecule has 0 radical (unpaired) electrons. The van der Waals surface area contributed by atoms with E-state index in [2.05, 4.69) is 12.2 Å². The lowest BCUT2D eigenvalue weighted by molar-refractivity contribution is 0.180.